The Hall–Kier alpha value is -2.21. The molecule has 0 aliphatic carbocycles. The van der Waals surface area contributed by atoms with Gasteiger partial charge in [-0.25, -0.2) is 4.68 Å². The standard InChI is InChI=1S/C22H24Cl2N4O/c1-16-7-8-17(23)15-20(16)27-13-11-26(12-14-27)10-9-19-21(24)22(29)28(25-19)18-5-3-2-4-6-18/h2-8,15,25H,9-14H2,1H3. The first-order valence-corrected chi connectivity index (χ1v) is 10.6. The number of rotatable bonds is 5. The van der Waals surface area contributed by atoms with Crippen LogP contribution in [0.5, 0.6) is 0 Å². The van der Waals surface area contributed by atoms with Gasteiger partial charge in [0.1, 0.15) is 5.02 Å². The molecule has 0 spiro atoms. The van der Waals surface area contributed by atoms with Gasteiger partial charge < -0.3 is 4.90 Å². The van der Waals surface area contributed by atoms with Crippen molar-refractivity contribution in [2.45, 2.75) is 13.3 Å². The van der Waals surface area contributed by atoms with Crippen molar-refractivity contribution in [3.8, 4) is 5.69 Å². The van der Waals surface area contributed by atoms with Crippen LogP contribution in [0.25, 0.3) is 5.69 Å². The molecule has 1 aliphatic heterocycles. The zero-order valence-corrected chi connectivity index (χ0v) is 17.9. The number of hydrogen-bond donors (Lipinski definition) is 1. The van der Waals surface area contributed by atoms with Crippen molar-refractivity contribution in [2.75, 3.05) is 37.6 Å². The van der Waals surface area contributed by atoms with Crippen molar-refractivity contribution in [1.29, 1.82) is 0 Å². The predicted molar refractivity (Wildman–Crippen MR) is 120 cm³/mol. The topological polar surface area (TPSA) is 44.3 Å². The van der Waals surface area contributed by atoms with E-state index in [1.54, 1.807) is 0 Å². The molecule has 0 atom stereocenters. The maximum absolute atomic E-state index is 12.5. The van der Waals surface area contributed by atoms with Crippen molar-refractivity contribution >= 4 is 28.9 Å². The number of aromatic nitrogens is 2. The van der Waals surface area contributed by atoms with Crippen LogP contribution in [-0.2, 0) is 6.42 Å². The smallest absolute Gasteiger partial charge is 0.290 e. The van der Waals surface area contributed by atoms with Crippen LogP contribution >= 0.6 is 23.2 Å². The highest BCUT2D eigenvalue weighted by Gasteiger charge is 2.20. The van der Waals surface area contributed by atoms with Crippen LogP contribution in [0.3, 0.4) is 0 Å². The highest BCUT2D eigenvalue weighted by Crippen LogP contribution is 2.25. The molecule has 1 saturated heterocycles. The van der Waals surface area contributed by atoms with Gasteiger partial charge in [-0.15, -0.1) is 0 Å². The third kappa shape index (κ3) is 4.37. The van der Waals surface area contributed by atoms with Gasteiger partial charge in [0.05, 0.1) is 11.4 Å². The lowest BCUT2D eigenvalue weighted by molar-refractivity contribution is 0.260. The fourth-order valence-corrected chi connectivity index (χ4v) is 4.18. The molecular formula is C22H24Cl2N4O. The average molecular weight is 431 g/mol. The number of piperazine rings is 1. The maximum atomic E-state index is 12.5. The summed E-state index contributed by atoms with van der Waals surface area (Å²) in [6.45, 7) is 6.82. The fraction of sp³-hybridized carbons (Fsp3) is 0.318. The highest BCUT2D eigenvalue weighted by molar-refractivity contribution is 6.31. The lowest BCUT2D eigenvalue weighted by atomic mass is 10.1. The van der Waals surface area contributed by atoms with Crippen LogP contribution in [0.1, 0.15) is 11.3 Å². The molecule has 1 fully saturated rings. The summed E-state index contributed by atoms with van der Waals surface area (Å²) in [6.07, 6.45) is 0.712. The molecule has 2 aromatic carbocycles. The number of aryl methyl sites for hydroxylation is 1. The molecule has 3 aromatic rings. The number of halogens is 2. The average Bonchev–Trinajstić information content (AvgIpc) is 3.03. The lowest BCUT2D eigenvalue weighted by Gasteiger charge is -2.36. The van der Waals surface area contributed by atoms with E-state index in [-0.39, 0.29) is 10.6 Å². The lowest BCUT2D eigenvalue weighted by Crippen LogP contribution is -2.47. The quantitative estimate of drug-likeness (QED) is 0.661. The van der Waals surface area contributed by atoms with Gasteiger partial charge in [0.25, 0.3) is 5.56 Å². The molecule has 0 radical (unpaired) electrons. The summed E-state index contributed by atoms with van der Waals surface area (Å²) in [6, 6.07) is 15.5. The normalized spacial score (nSPS) is 15.1. The number of nitrogens with one attached hydrogen (secondary N) is 1. The third-order valence-electron chi connectivity index (χ3n) is 5.48. The first-order valence-electron chi connectivity index (χ1n) is 9.81. The van der Waals surface area contributed by atoms with E-state index in [1.807, 2.05) is 42.5 Å². The van der Waals surface area contributed by atoms with E-state index >= 15 is 0 Å². The number of hydrogen-bond acceptors (Lipinski definition) is 3. The van der Waals surface area contributed by atoms with Crippen molar-refractivity contribution < 1.29 is 0 Å². The Labute approximate surface area is 180 Å². The van der Waals surface area contributed by atoms with Gasteiger partial charge in [-0.05, 0) is 36.8 Å². The van der Waals surface area contributed by atoms with E-state index < -0.39 is 0 Å². The summed E-state index contributed by atoms with van der Waals surface area (Å²) in [5, 5.41) is 4.23. The van der Waals surface area contributed by atoms with Gasteiger partial charge in [-0.3, -0.25) is 14.8 Å². The summed E-state index contributed by atoms with van der Waals surface area (Å²) in [5.41, 5.74) is 3.83. The molecule has 2 heterocycles. The van der Waals surface area contributed by atoms with Crippen LogP contribution in [0, 0.1) is 6.92 Å². The molecule has 4 rings (SSSR count). The first-order chi connectivity index (χ1) is 14.0. The molecule has 1 aromatic heterocycles. The maximum Gasteiger partial charge on any atom is 0.290 e. The van der Waals surface area contributed by atoms with E-state index in [0.29, 0.717) is 6.42 Å². The molecule has 0 unspecified atom stereocenters. The van der Waals surface area contributed by atoms with E-state index in [1.165, 1.54) is 15.9 Å². The minimum atomic E-state index is -0.200. The van der Waals surface area contributed by atoms with Gasteiger partial charge in [-0.2, -0.15) is 0 Å². The van der Waals surface area contributed by atoms with E-state index in [4.69, 9.17) is 23.2 Å². The number of H-pyrrole nitrogens is 1. The van der Waals surface area contributed by atoms with Crippen molar-refractivity contribution in [2.24, 2.45) is 0 Å². The van der Waals surface area contributed by atoms with Crippen molar-refractivity contribution in [3.05, 3.63) is 80.2 Å². The zero-order valence-electron chi connectivity index (χ0n) is 16.4. The second kappa shape index (κ2) is 8.66. The second-order valence-corrected chi connectivity index (χ2v) is 8.20. The van der Waals surface area contributed by atoms with Gasteiger partial charge in [0.2, 0.25) is 0 Å². The van der Waals surface area contributed by atoms with E-state index in [0.717, 1.165) is 49.1 Å². The fourth-order valence-electron chi connectivity index (χ4n) is 3.79. The Morgan fingerprint density at radius 3 is 2.45 bits per heavy atom. The SMILES string of the molecule is Cc1ccc(Cl)cc1N1CCN(CCc2[nH]n(-c3ccccc3)c(=O)c2Cl)CC1. The van der Waals surface area contributed by atoms with Gasteiger partial charge in [0.15, 0.2) is 0 Å². The van der Waals surface area contributed by atoms with Crippen LogP contribution in [-0.4, -0.2) is 47.4 Å². The molecule has 152 valence electrons. The minimum Gasteiger partial charge on any atom is -0.369 e. The molecule has 29 heavy (non-hydrogen) atoms. The molecule has 5 nitrogen and oxygen atoms in total. The van der Waals surface area contributed by atoms with Gasteiger partial charge in [0, 0.05) is 49.9 Å². The number of benzene rings is 2. The molecule has 0 bridgehead atoms. The number of nitrogens with zero attached hydrogens (tertiary/aromatic N) is 3. The monoisotopic (exact) mass is 430 g/mol. The van der Waals surface area contributed by atoms with Crippen molar-refractivity contribution in [3.63, 3.8) is 0 Å². The van der Waals surface area contributed by atoms with Crippen LogP contribution in [0.4, 0.5) is 5.69 Å². The predicted octanol–water partition coefficient (Wildman–Crippen LogP) is 4.15. The third-order valence-corrected chi connectivity index (χ3v) is 6.10. The molecule has 7 heteroatoms. The summed E-state index contributed by atoms with van der Waals surface area (Å²) in [5.74, 6) is 0. The van der Waals surface area contributed by atoms with Crippen LogP contribution in [0.2, 0.25) is 10.0 Å². The second-order valence-electron chi connectivity index (χ2n) is 7.39. The zero-order chi connectivity index (χ0) is 20.4. The molecule has 0 amide bonds. The summed E-state index contributed by atoms with van der Waals surface area (Å²) in [4.78, 5) is 17.3. The summed E-state index contributed by atoms with van der Waals surface area (Å²) < 4.78 is 1.51. The number of aromatic amines is 1. The van der Waals surface area contributed by atoms with Crippen LogP contribution in [0.15, 0.2) is 53.3 Å². The minimum absolute atomic E-state index is 0.200. The number of anilines is 1. The first kappa shape index (κ1) is 20.1. The van der Waals surface area contributed by atoms with Crippen molar-refractivity contribution in [1.82, 2.24) is 14.7 Å². The Bertz CT molecular complexity index is 1040. The Morgan fingerprint density at radius 1 is 1.00 bits per heavy atom. The van der Waals surface area contributed by atoms with Gasteiger partial charge >= 0.3 is 0 Å². The number of para-hydroxylation sites is 1. The molecule has 1 aliphatic rings. The Morgan fingerprint density at radius 2 is 1.72 bits per heavy atom. The van der Waals surface area contributed by atoms with E-state index in [2.05, 4.69) is 27.9 Å². The molecular weight excluding hydrogens is 407 g/mol. The van der Waals surface area contributed by atoms with Gasteiger partial charge in [-0.1, -0.05) is 47.5 Å². The van der Waals surface area contributed by atoms with E-state index in [9.17, 15) is 4.79 Å². The Kier molecular flexibility index (Phi) is 5.99. The largest absolute Gasteiger partial charge is 0.369 e. The summed E-state index contributed by atoms with van der Waals surface area (Å²) >= 11 is 12.5. The van der Waals surface area contributed by atoms with Crippen LogP contribution < -0.4 is 10.5 Å². The summed E-state index contributed by atoms with van der Waals surface area (Å²) in [7, 11) is 0. The molecule has 1 N–H and O–H groups in total. The highest BCUT2D eigenvalue weighted by atomic mass is 35.5. The molecule has 0 saturated carbocycles. The Balaban J connectivity index is 1.38.